The number of benzene rings is 1. The van der Waals surface area contributed by atoms with Crippen LogP contribution < -0.4 is 10.1 Å². The Kier molecular flexibility index (Phi) is 9.28. The summed E-state index contributed by atoms with van der Waals surface area (Å²) in [6.45, 7) is 3.19. The van der Waals surface area contributed by atoms with Gasteiger partial charge in [0.25, 0.3) is 0 Å². The lowest BCUT2D eigenvalue weighted by atomic mass is 9.83. The van der Waals surface area contributed by atoms with Crippen LogP contribution in [0.4, 0.5) is 4.79 Å². The summed E-state index contributed by atoms with van der Waals surface area (Å²) >= 11 is 7.68. The van der Waals surface area contributed by atoms with E-state index in [4.69, 9.17) is 21.1 Å². The molecule has 1 amide bonds. The van der Waals surface area contributed by atoms with Crippen LogP contribution >= 0.6 is 22.9 Å². The fourth-order valence-electron chi connectivity index (χ4n) is 6.31. The van der Waals surface area contributed by atoms with Gasteiger partial charge in [0.1, 0.15) is 6.54 Å². The second-order valence-corrected chi connectivity index (χ2v) is 12.5. The van der Waals surface area contributed by atoms with Gasteiger partial charge in [0.2, 0.25) is 5.91 Å². The number of nitrogens with one attached hydrogen (secondary N) is 1. The quantitative estimate of drug-likeness (QED) is 0.201. The Balaban J connectivity index is 1.52. The lowest BCUT2D eigenvalue weighted by molar-refractivity contribution is -0.135. The van der Waals surface area contributed by atoms with Gasteiger partial charge >= 0.3 is 6.16 Å². The van der Waals surface area contributed by atoms with Crippen molar-refractivity contribution in [3.63, 3.8) is 0 Å². The number of fused-ring (bicyclic) bond motifs is 1. The third kappa shape index (κ3) is 6.57. The molecule has 1 aliphatic heterocycles. The average Bonchev–Trinajstić information content (AvgIpc) is 3.52. The molecule has 2 fully saturated rings. The Morgan fingerprint density at radius 3 is 2.47 bits per heavy atom. The largest absolute Gasteiger partial charge is 0.512 e. The van der Waals surface area contributed by atoms with E-state index in [-0.39, 0.29) is 18.4 Å². The molecule has 1 saturated heterocycles. The van der Waals surface area contributed by atoms with E-state index in [0.29, 0.717) is 49.5 Å². The zero-order valence-corrected chi connectivity index (χ0v) is 25.5. The molecule has 11 heteroatoms. The van der Waals surface area contributed by atoms with Gasteiger partial charge in [0.05, 0.1) is 29.1 Å². The van der Waals surface area contributed by atoms with Crippen LogP contribution in [-0.2, 0) is 29.2 Å². The highest BCUT2D eigenvalue weighted by molar-refractivity contribution is 7.21. The molecule has 1 aliphatic carbocycles. The molecule has 3 aromatic heterocycles. The van der Waals surface area contributed by atoms with Crippen molar-refractivity contribution in [1.29, 1.82) is 0 Å². The molecular weight excluding hydrogens is 588 g/mol. The zero-order valence-electron chi connectivity index (χ0n) is 23.9. The van der Waals surface area contributed by atoms with Gasteiger partial charge in [0.15, 0.2) is 5.06 Å². The van der Waals surface area contributed by atoms with Gasteiger partial charge in [-0.1, -0.05) is 54.3 Å². The number of hydrogen-bond donors (Lipinski definition) is 2. The van der Waals surface area contributed by atoms with E-state index in [1.165, 1.54) is 23.3 Å². The Morgan fingerprint density at radius 2 is 1.77 bits per heavy atom. The predicted octanol–water partition coefficient (Wildman–Crippen LogP) is 6.67. The van der Waals surface area contributed by atoms with Crippen molar-refractivity contribution in [2.24, 2.45) is 0 Å². The molecule has 1 saturated carbocycles. The number of thiophene rings is 1. The number of rotatable bonds is 9. The number of aromatic nitrogens is 2. The predicted molar refractivity (Wildman–Crippen MR) is 167 cm³/mol. The molecule has 0 radical (unpaired) electrons. The molecule has 43 heavy (non-hydrogen) atoms. The first-order valence-electron chi connectivity index (χ1n) is 14.8. The lowest BCUT2D eigenvalue weighted by Gasteiger charge is -2.28. The van der Waals surface area contributed by atoms with Crippen molar-refractivity contribution < 1.29 is 24.2 Å². The van der Waals surface area contributed by atoms with E-state index < -0.39 is 6.16 Å². The maximum Gasteiger partial charge on any atom is 0.512 e. The highest BCUT2D eigenvalue weighted by Crippen LogP contribution is 2.50. The third-order valence-electron chi connectivity index (χ3n) is 8.33. The van der Waals surface area contributed by atoms with Crippen molar-refractivity contribution in [1.82, 2.24) is 19.8 Å². The van der Waals surface area contributed by atoms with Crippen molar-refractivity contribution in [3.05, 3.63) is 70.5 Å². The second kappa shape index (κ2) is 13.5. The van der Waals surface area contributed by atoms with Gasteiger partial charge < -0.3 is 29.4 Å². The zero-order chi connectivity index (χ0) is 29.8. The number of nitrogens with zero attached hydrogens (tertiary/aromatic N) is 3. The van der Waals surface area contributed by atoms with Crippen LogP contribution in [0.3, 0.4) is 0 Å². The molecule has 9 nitrogen and oxygen atoms in total. The topological polar surface area (TPSA) is 106 Å². The highest BCUT2D eigenvalue weighted by Gasteiger charge is 2.33. The summed E-state index contributed by atoms with van der Waals surface area (Å²) in [5.41, 5.74) is 5.82. The van der Waals surface area contributed by atoms with Crippen molar-refractivity contribution in [3.8, 4) is 16.3 Å². The first-order valence-corrected chi connectivity index (χ1v) is 16.0. The molecule has 0 unspecified atom stereocenters. The van der Waals surface area contributed by atoms with Gasteiger partial charge in [-0.05, 0) is 59.7 Å². The number of carbonyl (C=O) groups is 2. The molecule has 4 aromatic rings. The minimum absolute atomic E-state index is 0.00760. The first kappa shape index (κ1) is 29.6. The number of morpholine rings is 1. The van der Waals surface area contributed by atoms with Crippen LogP contribution in [0.1, 0.15) is 54.7 Å². The molecule has 0 atom stereocenters. The molecule has 2 aliphatic rings. The Bertz CT molecular complexity index is 1580. The van der Waals surface area contributed by atoms with E-state index in [1.807, 2.05) is 41.3 Å². The summed E-state index contributed by atoms with van der Waals surface area (Å²) in [6, 6.07) is 11.7. The molecular formula is C32H35ClN4O5S. The Morgan fingerprint density at radius 1 is 1.05 bits per heavy atom. The number of carboxylic acid groups (broad SMARTS) is 1. The van der Waals surface area contributed by atoms with Gasteiger partial charge in [-0.15, -0.1) is 0 Å². The van der Waals surface area contributed by atoms with E-state index in [9.17, 15) is 14.7 Å². The van der Waals surface area contributed by atoms with Gasteiger partial charge in [-0.3, -0.25) is 9.78 Å². The summed E-state index contributed by atoms with van der Waals surface area (Å²) in [6.07, 6.45) is 7.69. The number of hydrogen-bond acceptors (Lipinski definition) is 7. The van der Waals surface area contributed by atoms with Crippen LogP contribution in [0.15, 0.2) is 48.8 Å². The number of amides is 1. The van der Waals surface area contributed by atoms with Crippen LogP contribution in [-0.4, -0.2) is 57.9 Å². The molecule has 4 heterocycles. The molecule has 0 bridgehead atoms. The summed E-state index contributed by atoms with van der Waals surface area (Å²) in [5, 5.41) is 14.1. The van der Waals surface area contributed by atoms with Crippen LogP contribution in [0.25, 0.3) is 21.5 Å². The summed E-state index contributed by atoms with van der Waals surface area (Å²) in [4.78, 5) is 31.6. The maximum atomic E-state index is 13.8. The SMILES string of the molecule is O=C(O)Oc1sc2c(C3CCCCC3)c(-c3ccc(Cl)cc3)n(CC(=O)N3CCOCC3)c2c1CNCc1ccncc1. The number of halogens is 1. The van der Waals surface area contributed by atoms with Gasteiger partial charge in [-0.25, -0.2) is 4.79 Å². The third-order valence-corrected chi connectivity index (χ3v) is 9.71. The van der Waals surface area contributed by atoms with Crippen LogP contribution in [0.2, 0.25) is 5.02 Å². The van der Waals surface area contributed by atoms with Crippen molar-refractivity contribution in [2.45, 2.75) is 57.7 Å². The molecule has 1 aromatic carbocycles. The second-order valence-electron chi connectivity index (χ2n) is 11.1. The maximum absolute atomic E-state index is 13.8. The van der Waals surface area contributed by atoms with Gasteiger partial charge in [0, 0.05) is 49.2 Å². The molecule has 0 spiro atoms. The fraction of sp³-hybridized carbons (Fsp3) is 0.406. The monoisotopic (exact) mass is 622 g/mol. The summed E-state index contributed by atoms with van der Waals surface area (Å²) in [7, 11) is 0. The van der Waals surface area contributed by atoms with Crippen LogP contribution in [0, 0.1) is 0 Å². The summed E-state index contributed by atoms with van der Waals surface area (Å²) in [5.74, 6) is 0.295. The molecule has 6 rings (SSSR count). The smallest absolute Gasteiger partial charge is 0.449 e. The lowest BCUT2D eigenvalue weighted by Crippen LogP contribution is -2.42. The fourth-order valence-corrected chi connectivity index (χ4v) is 7.73. The van der Waals surface area contributed by atoms with Gasteiger partial charge in [-0.2, -0.15) is 0 Å². The molecule has 226 valence electrons. The van der Waals surface area contributed by atoms with E-state index in [2.05, 4.69) is 14.9 Å². The Labute approximate surface area is 259 Å². The van der Waals surface area contributed by atoms with Crippen LogP contribution in [0.5, 0.6) is 5.06 Å². The normalized spacial score (nSPS) is 16.1. The van der Waals surface area contributed by atoms with E-state index in [1.54, 1.807) is 12.4 Å². The number of ether oxygens (including phenoxy) is 2. The first-order chi connectivity index (χ1) is 21.0. The highest BCUT2D eigenvalue weighted by atomic mass is 35.5. The molecule has 2 N–H and O–H groups in total. The van der Waals surface area contributed by atoms with E-state index >= 15 is 0 Å². The number of pyridine rings is 1. The minimum atomic E-state index is -1.35. The van der Waals surface area contributed by atoms with E-state index in [0.717, 1.165) is 58.3 Å². The van der Waals surface area contributed by atoms with Crippen molar-refractivity contribution in [2.75, 3.05) is 26.3 Å². The number of carbonyl (C=O) groups excluding carboxylic acids is 1. The Hall–Kier alpha value is -3.44. The minimum Gasteiger partial charge on any atom is -0.449 e. The average molecular weight is 623 g/mol. The van der Waals surface area contributed by atoms with Crippen molar-refractivity contribution >= 4 is 45.2 Å². The standard InChI is InChI=1S/C32H35ClN4O5S/c33-24-8-6-23(7-9-24)28-27(22-4-2-1-3-5-22)30-29(37(28)20-26(38)36-14-16-41-17-15-36)25(31(43-30)42-32(39)40)19-35-18-21-10-12-34-13-11-21/h6-13,22,35H,1-5,14-20H2,(H,39,40). The summed E-state index contributed by atoms with van der Waals surface area (Å²) < 4.78 is 14.0.